The van der Waals surface area contributed by atoms with E-state index in [1.807, 2.05) is 29.3 Å². The van der Waals surface area contributed by atoms with Gasteiger partial charge in [-0.25, -0.2) is 0 Å². The zero-order valence-electron chi connectivity index (χ0n) is 10.1. The van der Waals surface area contributed by atoms with E-state index in [0.29, 0.717) is 13.1 Å². The van der Waals surface area contributed by atoms with Crippen LogP contribution in [0.5, 0.6) is 0 Å². The highest BCUT2D eigenvalue weighted by atomic mass is 35.5. The molecule has 0 spiro atoms. The summed E-state index contributed by atoms with van der Waals surface area (Å²) in [6.07, 6.45) is -1.19. The molecule has 0 aliphatic rings. The minimum atomic E-state index is -0.596. The van der Waals surface area contributed by atoms with Crippen LogP contribution < -0.4 is 4.68 Å². The summed E-state index contributed by atoms with van der Waals surface area (Å²) < 4.78 is 3.83. The first-order valence-electron chi connectivity index (χ1n) is 5.54. The zero-order chi connectivity index (χ0) is 13.0. The van der Waals surface area contributed by atoms with Crippen molar-refractivity contribution in [1.29, 1.82) is 0 Å². The molecule has 2 atom stereocenters. The summed E-state index contributed by atoms with van der Waals surface area (Å²) in [6, 6.07) is 2.00. The number of nitrogens with zero attached hydrogens (tertiary/aromatic N) is 2. The highest BCUT2D eigenvalue weighted by molar-refractivity contribution is 6.18. The molecule has 1 rings (SSSR count). The van der Waals surface area contributed by atoms with Crippen molar-refractivity contribution in [1.82, 2.24) is 4.68 Å². The van der Waals surface area contributed by atoms with Crippen molar-refractivity contribution in [3.05, 3.63) is 17.5 Å². The number of aryl methyl sites for hydroxylation is 2. The smallest absolute Gasteiger partial charge is 0.205 e. The van der Waals surface area contributed by atoms with Gasteiger partial charge in [0.2, 0.25) is 5.69 Å². The lowest BCUT2D eigenvalue weighted by molar-refractivity contribution is -0.785. The van der Waals surface area contributed by atoms with Crippen LogP contribution in [0.3, 0.4) is 0 Å². The highest BCUT2D eigenvalue weighted by Gasteiger charge is 2.22. The Morgan fingerprint density at radius 1 is 1.24 bits per heavy atom. The van der Waals surface area contributed by atoms with E-state index < -0.39 is 12.2 Å². The first-order valence-corrected chi connectivity index (χ1v) is 6.61. The van der Waals surface area contributed by atoms with Gasteiger partial charge in [0.05, 0.1) is 23.6 Å². The zero-order valence-corrected chi connectivity index (χ0v) is 11.6. The van der Waals surface area contributed by atoms with Crippen LogP contribution in [-0.4, -0.2) is 38.9 Å². The maximum absolute atomic E-state index is 9.61. The number of hydrogen-bond acceptors (Lipinski definition) is 2. The van der Waals surface area contributed by atoms with Gasteiger partial charge in [0.25, 0.3) is 0 Å². The third-order valence-corrected chi connectivity index (χ3v) is 3.36. The molecule has 0 amide bonds. The van der Waals surface area contributed by atoms with Gasteiger partial charge in [-0.05, 0) is 6.92 Å². The standard InChI is InChI=1S/C11H19Cl2N2O2/c1-8-3-9(2)15(7-11(17)5-13)14(8)6-10(16)4-12/h3,10-11,16-17H,4-7H2,1-2H3/q+1/t10-,11-/m1/s1. The molecule has 0 unspecified atom stereocenters. The van der Waals surface area contributed by atoms with E-state index in [-0.39, 0.29) is 11.8 Å². The monoisotopic (exact) mass is 281 g/mol. The number of aliphatic hydroxyl groups is 2. The topological polar surface area (TPSA) is 49.3 Å². The summed E-state index contributed by atoms with van der Waals surface area (Å²) in [5.74, 6) is 0.378. The SMILES string of the molecule is Cc1cc(C)[n+](C[C@H](O)CCl)n1C[C@H](O)CCl. The average molecular weight is 282 g/mol. The highest BCUT2D eigenvalue weighted by Crippen LogP contribution is 2.04. The Morgan fingerprint density at radius 2 is 1.82 bits per heavy atom. The Bertz CT molecular complexity index is 336. The van der Waals surface area contributed by atoms with Crippen LogP contribution in [-0.2, 0) is 13.1 Å². The molecule has 0 aromatic carbocycles. The van der Waals surface area contributed by atoms with Crippen LogP contribution in [0.2, 0.25) is 0 Å². The Kier molecular flexibility index (Phi) is 5.73. The molecule has 17 heavy (non-hydrogen) atoms. The first-order chi connectivity index (χ1) is 7.99. The van der Waals surface area contributed by atoms with Crippen molar-refractivity contribution in [2.24, 2.45) is 0 Å². The van der Waals surface area contributed by atoms with Gasteiger partial charge in [0, 0.05) is 13.0 Å². The third kappa shape index (κ3) is 3.85. The molecule has 98 valence electrons. The van der Waals surface area contributed by atoms with Gasteiger partial charge in [0.1, 0.15) is 12.6 Å². The van der Waals surface area contributed by atoms with Crippen LogP contribution in [0.1, 0.15) is 11.4 Å². The second-order valence-corrected chi connectivity index (χ2v) is 4.82. The molecule has 4 nitrogen and oxygen atoms in total. The molecule has 1 aromatic heterocycles. The summed E-state index contributed by atoms with van der Waals surface area (Å²) in [7, 11) is 0. The van der Waals surface area contributed by atoms with Gasteiger partial charge in [-0.15, -0.1) is 27.9 Å². The quantitative estimate of drug-likeness (QED) is 0.593. The summed E-state index contributed by atoms with van der Waals surface area (Å²) in [5.41, 5.74) is 2.04. The Hall–Kier alpha value is -0.290. The normalized spacial score (nSPS) is 14.9. The van der Waals surface area contributed by atoms with Gasteiger partial charge < -0.3 is 10.2 Å². The van der Waals surface area contributed by atoms with Crippen LogP contribution in [0.4, 0.5) is 0 Å². The Morgan fingerprint density at radius 3 is 2.35 bits per heavy atom. The maximum atomic E-state index is 9.61. The largest absolute Gasteiger partial charge is 0.390 e. The summed E-state index contributed by atoms with van der Waals surface area (Å²) in [6.45, 7) is 4.74. The predicted octanol–water partition coefficient (Wildman–Crippen LogP) is 0.592. The number of alkyl halides is 2. The molecule has 0 aliphatic heterocycles. The number of aromatic nitrogens is 2. The maximum Gasteiger partial charge on any atom is 0.205 e. The fourth-order valence-electron chi connectivity index (χ4n) is 1.81. The van der Waals surface area contributed by atoms with E-state index in [0.717, 1.165) is 11.4 Å². The van der Waals surface area contributed by atoms with Crippen LogP contribution in [0.15, 0.2) is 6.07 Å². The summed E-state index contributed by atoms with van der Waals surface area (Å²) in [4.78, 5) is 0. The molecule has 0 saturated heterocycles. The lowest BCUT2D eigenvalue weighted by Gasteiger charge is -2.11. The minimum Gasteiger partial charge on any atom is -0.390 e. The van der Waals surface area contributed by atoms with E-state index >= 15 is 0 Å². The molecule has 6 heteroatoms. The van der Waals surface area contributed by atoms with Crippen LogP contribution in [0.25, 0.3) is 0 Å². The average Bonchev–Trinajstić information content (AvgIpc) is 2.55. The molecule has 0 saturated carbocycles. The number of hydrogen-bond donors (Lipinski definition) is 2. The van der Waals surface area contributed by atoms with E-state index in [1.165, 1.54) is 0 Å². The molecule has 0 radical (unpaired) electrons. The lowest BCUT2D eigenvalue weighted by atomic mass is 10.3. The van der Waals surface area contributed by atoms with Gasteiger partial charge in [-0.1, -0.05) is 0 Å². The van der Waals surface area contributed by atoms with E-state index in [4.69, 9.17) is 23.2 Å². The molecule has 0 aliphatic carbocycles. The minimum absolute atomic E-state index is 0.189. The van der Waals surface area contributed by atoms with Crippen molar-refractivity contribution in [2.75, 3.05) is 11.8 Å². The van der Waals surface area contributed by atoms with E-state index in [2.05, 4.69) is 0 Å². The number of aliphatic hydroxyl groups excluding tert-OH is 2. The fraction of sp³-hybridized carbons (Fsp3) is 0.727. The third-order valence-electron chi connectivity index (χ3n) is 2.65. The van der Waals surface area contributed by atoms with Gasteiger partial charge in [0.15, 0.2) is 6.54 Å². The molecule has 1 heterocycles. The second-order valence-electron chi connectivity index (χ2n) is 4.21. The van der Waals surface area contributed by atoms with Gasteiger partial charge in [-0.2, -0.15) is 4.68 Å². The van der Waals surface area contributed by atoms with E-state index in [9.17, 15) is 10.2 Å². The van der Waals surface area contributed by atoms with Gasteiger partial charge >= 0.3 is 0 Å². The fourth-order valence-corrected chi connectivity index (χ4v) is 2.01. The lowest BCUT2D eigenvalue weighted by Crippen LogP contribution is -2.51. The number of rotatable bonds is 6. The Balaban J connectivity index is 2.93. The van der Waals surface area contributed by atoms with Crippen molar-refractivity contribution < 1.29 is 14.9 Å². The van der Waals surface area contributed by atoms with Crippen molar-refractivity contribution in [2.45, 2.75) is 39.1 Å². The van der Waals surface area contributed by atoms with Gasteiger partial charge in [-0.3, -0.25) is 0 Å². The predicted molar refractivity (Wildman–Crippen MR) is 67.6 cm³/mol. The molecular formula is C11H19Cl2N2O2+. The van der Waals surface area contributed by atoms with E-state index in [1.54, 1.807) is 0 Å². The summed E-state index contributed by atoms with van der Waals surface area (Å²) in [5, 5.41) is 19.2. The van der Waals surface area contributed by atoms with Crippen LogP contribution in [0, 0.1) is 13.8 Å². The molecule has 2 N–H and O–H groups in total. The van der Waals surface area contributed by atoms with Crippen molar-refractivity contribution in [3.63, 3.8) is 0 Å². The molecule has 0 fully saturated rings. The Labute approximate surface area is 111 Å². The second kappa shape index (κ2) is 6.59. The molecule has 1 aromatic rings. The summed E-state index contributed by atoms with van der Waals surface area (Å²) >= 11 is 11.2. The van der Waals surface area contributed by atoms with Crippen LogP contribution >= 0.6 is 23.2 Å². The number of halogens is 2. The first kappa shape index (κ1) is 14.8. The van der Waals surface area contributed by atoms with Crippen molar-refractivity contribution >= 4 is 23.2 Å². The molecular weight excluding hydrogens is 263 g/mol. The molecule has 0 bridgehead atoms. The van der Waals surface area contributed by atoms with Crippen molar-refractivity contribution in [3.8, 4) is 0 Å².